The first-order valence-corrected chi connectivity index (χ1v) is 7.52. The third-order valence-electron chi connectivity index (χ3n) is 4.49. The van der Waals surface area contributed by atoms with Crippen molar-refractivity contribution in [2.75, 3.05) is 13.7 Å². The number of methoxy groups -OCH3 is 1. The van der Waals surface area contributed by atoms with E-state index in [-0.39, 0.29) is 12.0 Å². The molecule has 1 aliphatic rings. The molecule has 0 radical (unpaired) electrons. The van der Waals surface area contributed by atoms with Crippen LogP contribution in [0.25, 0.3) is 0 Å². The van der Waals surface area contributed by atoms with E-state index in [1.165, 1.54) is 12.0 Å². The number of benzene rings is 1. The minimum atomic E-state index is -1.19. The first kappa shape index (κ1) is 16.8. The molecule has 0 aliphatic carbocycles. The van der Waals surface area contributed by atoms with E-state index >= 15 is 0 Å². The summed E-state index contributed by atoms with van der Waals surface area (Å²) < 4.78 is 5.63. The molecule has 1 saturated heterocycles. The van der Waals surface area contributed by atoms with Gasteiger partial charge in [-0.15, -0.1) is 0 Å². The van der Waals surface area contributed by atoms with Gasteiger partial charge in [0.25, 0.3) is 0 Å². The second kappa shape index (κ2) is 5.89. The van der Waals surface area contributed by atoms with Gasteiger partial charge in [-0.3, -0.25) is 0 Å². The van der Waals surface area contributed by atoms with Crippen LogP contribution in [-0.4, -0.2) is 47.0 Å². The van der Waals surface area contributed by atoms with Crippen LogP contribution >= 0.6 is 0 Å². The Kier molecular flexibility index (Phi) is 4.49. The summed E-state index contributed by atoms with van der Waals surface area (Å²) in [4.78, 5) is 13.0. The van der Waals surface area contributed by atoms with E-state index in [1.807, 2.05) is 51.1 Å². The van der Waals surface area contributed by atoms with Crippen LogP contribution in [0, 0.1) is 5.41 Å². The number of rotatable bonds is 2. The Balaban J connectivity index is 2.50. The zero-order valence-corrected chi connectivity index (χ0v) is 13.6. The predicted octanol–water partition coefficient (Wildman–Crippen LogP) is 2.69. The zero-order chi connectivity index (χ0) is 16.5. The fourth-order valence-corrected chi connectivity index (χ4v) is 3.49. The first-order chi connectivity index (χ1) is 10.2. The van der Waals surface area contributed by atoms with Gasteiger partial charge in [-0.1, -0.05) is 51.1 Å². The van der Waals surface area contributed by atoms with E-state index in [0.717, 1.165) is 5.56 Å². The normalized spacial score (nSPS) is 29.4. The van der Waals surface area contributed by atoms with Crippen molar-refractivity contribution in [2.45, 2.75) is 44.9 Å². The van der Waals surface area contributed by atoms with Crippen molar-refractivity contribution in [2.24, 2.45) is 5.41 Å². The van der Waals surface area contributed by atoms with Crippen LogP contribution < -0.4 is 0 Å². The van der Waals surface area contributed by atoms with Crippen LogP contribution in [-0.2, 0) is 10.3 Å². The van der Waals surface area contributed by atoms with Gasteiger partial charge < -0.3 is 19.8 Å². The molecule has 1 aromatic rings. The van der Waals surface area contributed by atoms with Crippen LogP contribution in [0.3, 0.4) is 0 Å². The number of carbonyl (C=O) groups is 1. The average Bonchev–Trinajstić information content (AvgIpc) is 2.46. The van der Waals surface area contributed by atoms with Gasteiger partial charge in [0.1, 0.15) is 11.7 Å². The van der Waals surface area contributed by atoms with Gasteiger partial charge in [0.05, 0.1) is 6.04 Å². The van der Waals surface area contributed by atoms with Gasteiger partial charge in [0, 0.05) is 20.1 Å². The van der Waals surface area contributed by atoms with E-state index in [1.54, 1.807) is 0 Å². The van der Waals surface area contributed by atoms with E-state index in [4.69, 9.17) is 4.74 Å². The van der Waals surface area contributed by atoms with Gasteiger partial charge in [-0.05, 0) is 11.0 Å². The molecule has 3 atom stereocenters. The van der Waals surface area contributed by atoms with E-state index < -0.39 is 23.8 Å². The lowest BCUT2D eigenvalue weighted by atomic mass is 9.70. The molecule has 122 valence electrons. The largest absolute Gasteiger partial charge is 0.465 e. The lowest BCUT2D eigenvalue weighted by Crippen LogP contribution is -2.65. The van der Waals surface area contributed by atoms with Crippen molar-refractivity contribution in [1.29, 1.82) is 0 Å². The Labute approximate surface area is 131 Å². The van der Waals surface area contributed by atoms with Gasteiger partial charge in [0.2, 0.25) is 0 Å². The fraction of sp³-hybridized carbons (Fsp3) is 0.588. The average molecular weight is 307 g/mol. The predicted molar refractivity (Wildman–Crippen MR) is 83.7 cm³/mol. The minimum Gasteiger partial charge on any atom is -0.465 e. The number of aliphatic hydroxyl groups is 1. The summed E-state index contributed by atoms with van der Waals surface area (Å²) in [6, 6.07) is 8.92. The van der Waals surface area contributed by atoms with E-state index in [9.17, 15) is 15.0 Å². The van der Waals surface area contributed by atoms with Crippen LogP contribution in [0.1, 0.15) is 32.8 Å². The third-order valence-corrected chi connectivity index (χ3v) is 4.49. The third kappa shape index (κ3) is 2.83. The Hall–Kier alpha value is -1.59. The van der Waals surface area contributed by atoms with Gasteiger partial charge in [-0.2, -0.15) is 0 Å². The highest BCUT2D eigenvalue weighted by atomic mass is 16.5. The molecular formula is C17H25NO4. The highest BCUT2D eigenvalue weighted by Crippen LogP contribution is 2.43. The molecular weight excluding hydrogens is 282 g/mol. The monoisotopic (exact) mass is 307 g/mol. The summed E-state index contributed by atoms with van der Waals surface area (Å²) in [5.74, 6) is 0. The summed E-state index contributed by atoms with van der Waals surface area (Å²) in [5, 5.41) is 20.8. The summed E-state index contributed by atoms with van der Waals surface area (Å²) in [7, 11) is 1.53. The molecule has 5 heteroatoms. The number of nitrogens with zero attached hydrogens (tertiary/aromatic N) is 1. The molecule has 2 rings (SSSR count). The number of hydrogen-bond acceptors (Lipinski definition) is 3. The number of piperidine rings is 1. The van der Waals surface area contributed by atoms with Gasteiger partial charge in [-0.25, -0.2) is 4.79 Å². The smallest absolute Gasteiger partial charge is 0.407 e. The molecule has 0 bridgehead atoms. The van der Waals surface area contributed by atoms with Crippen molar-refractivity contribution in [3.63, 3.8) is 0 Å². The number of carboxylic acid groups (broad SMARTS) is 1. The molecule has 1 heterocycles. The number of amides is 1. The van der Waals surface area contributed by atoms with Gasteiger partial charge in [0.15, 0.2) is 0 Å². The lowest BCUT2D eigenvalue weighted by Gasteiger charge is -2.52. The van der Waals surface area contributed by atoms with Crippen LogP contribution in [0.15, 0.2) is 30.3 Å². The Bertz CT molecular complexity index is 525. The molecule has 1 unspecified atom stereocenters. The minimum absolute atomic E-state index is 0.280. The van der Waals surface area contributed by atoms with Crippen LogP contribution in [0.2, 0.25) is 0 Å². The summed E-state index contributed by atoms with van der Waals surface area (Å²) in [6.07, 6.45) is -1.29. The van der Waals surface area contributed by atoms with Crippen molar-refractivity contribution in [3.05, 3.63) is 35.9 Å². The first-order valence-electron chi connectivity index (χ1n) is 7.52. The maximum atomic E-state index is 11.6. The standard InChI is InChI=1S/C17H25NO4/c1-16(2,3)13-14(22-4)17(21,10-11-18(13)15(19)20)12-8-6-5-7-9-12/h5-9,13-14,21H,10-11H2,1-4H3,(H,19,20)/t13?,14-,17-/m1/s1. The van der Waals surface area contributed by atoms with Gasteiger partial charge >= 0.3 is 6.09 Å². The maximum Gasteiger partial charge on any atom is 0.407 e. The molecule has 22 heavy (non-hydrogen) atoms. The molecule has 0 saturated carbocycles. The topological polar surface area (TPSA) is 70.0 Å². The van der Waals surface area contributed by atoms with Crippen molar-refractivity contribution in [1.82, 2.24) is 4.90 Å². The second-order valence-electron chi connectivity index (χ2n) is 6.98. The maximum absolute atomic E-state index is 11.6. The van der Waals surface area contributed by atoms with Crippen LogP contribution in [0.5, 0.6) is 0 Å². The summed E-state index contributed by atoms with van der Waals surface area (Å²) in [5.41, 5.74) is -0.788. The second-order valence-corrected chi connectivity index (χ2v) is 6.98. The SMILES string of the molecule is CO[C@@H]1C(C(C)(C)C)N(C(=O)O)CC[C@@]1(O)c1ccccc1. The molecule has 1 fully saturated rings. The quantitative estimate of drug-likeness (QED) is 0.881. The number of hydrogen-bond donors (Lipinski definition) is 2. The van der Waals surface area contributed by atoms with Crippen molar-refractivity contribution in [3.8, 4) is 0 Å². The molecule has 2 N–H and O–H groups in total. The molecule has 5 nitrogen and oxygen atoms in total. The summed E-state index contributed by atoms with van der Waals surface area (Å²) in [6.45, 7) is 6.19. The Morgan fingerprint density at radius 1 is 1.32 bits per heavy atom. The molecule has 0 aromatic heterocycles. The molecule has 0 spiro atoms. The summed E-state index contributed by atoms with van der Waals surface area (Å²) >= 11 is 0. The number of likely N-dealkylation sites (tertiary alicyclic amines) is 1. The molecule has 1 aliphatic heterocycles. The lowest BCUT2D eigenvalue weighted by molar-refractivity contribution is -0.177. The highest BCUT2D eigenvalue weighted by molar-refractivity contribution is 5.66. The van der Waals surface area contributed by atoms with Crippen molar-refractivity contribution >= 4 is 6.09 Å². The van der Waals surface area contributed by atoms with E-state index in [2.05, 4.69) is 0 Å². The molecule has 1 amide bonds. The zero-order valence-electron chi connectivity index (χ0n) is 13.6. The number of ether oxygens (including phenoxy) is 1. The Morgan fingerprint density at radius 3 is 2.36 bits per heavy atom. The van der Waals surface area contributed by atoms with E-state index in [0.29, 0.717) is 6.42 Å². The fourth-order valence-electron chi connectivity index (χ4n) is 3.49. The Morgan fingerprint density at radius 2 is 1.91 bits per heavy atom. The highest BCUT2D eigenvalue weighted by Gasteiger charge is 2.54. The van der Waals surface area contributed by atoms with Crippen molar-refractivity contribution < 1.29 is 19.7 Å². The van der Waals surface area contributed by atoms with Crippen LogP contribution in [0.4, 0.5) is 4.79 Å². The molecule has 1 aromatic carbocycles.